The van der Waals surface area contributed by atoms with Gasteiger partial charge in [-0.05, 0) is 48.9 Å². The number of para-hydroxylation sites is 1. The van der Waals surface area contributed by atoms with Gasteiger partial charge in [0.1, 0.15) is 35.4 Å². The van der Waals surface area contributed by atoms with Crippen LogP contribution in [0.2, 0.25) is 5.02 Å². The van der Waals surface area contributed by atoms with E-state index in [1.54, 1.807) is 12.1 Å². The third kappa shape index (κ3) is 5.96. The Morgan fingerprint density at radius 2 is 1.89 bits per heavy atom. The summed E-state index contributed by atoms with van der Waals surface area (Å²) in [4.78, 5) is 23.5. The van der Waals surface area contributed by atoms with Crippen molar-refractivity contribution in [3.05, 3.63) is 111 Å². The molecule has 4 rings (SSSR count). The Balaban J connectivity index is 1.47. The van der Waals surface area contributed by atoms with E-state index in [1.807, 2.05) is 19.1 Å². The van der Waals surface area contributed by atoms with Crippen molar-refractivity contribution in [1.82, 2.24) is 0 Å². The summed E-state index contributed by atoms with van der Waals surface area (Å²) in [6, 6.07) is 17.8. The highest BCUT2D eigenvalue weighted by Crippen LogP contribution is 2.31. The maximum Gasteiger partial charge on any atom is 0.291 e. The molecule has 8 nitrogen and oxygen atoms in total. The fourth-order valence-corrected chi connectivity index (χ4v) is 3.35. The molecular weight excluding hydrogens is 479 g/mol. The topological polar surface area (TPSA) is 104 Å². The van der Waals surface area contributed by atoms with Crippen molar-refractivity contribution in [2.75, 3.05) is 5.32 Å². The van der Waals surface area contributed by atoms with E-state index in [2.05, 4.69) is 5.32 Å². The second kappa shape index (κ2) is 10.3. The molecule has 4 aromatic rings. The van der Waals surface area contributed by atoms with Crippen molar-refractivity contribution in [1.29, 1.82) is 0 Å². The first kappa shape index (κ1) is 23.8. The summed E-state index contributed by atoms with van der Waals surface area (Å²) in [6.45, 7) is 1.79. The first-order valence-corrected chi connectivity index (χ1v) is 10.7. The number of furan rings is 1. The summed E-state index contributed by atoms with van der Waals surface area (Å²) in [5, 5.41) is 14.1. The number of nitrogens with one attached hydrogen (secondary N) is 1. The Bertz CT molecular complexity index is 1400. The number of halogens is 2. The average molecular weight is 497 g/mol. The van der Waals surface area contributed by atoms with Crippen LogP contribution in [0.15, 0.2) is 77.2 Å². The Kier molecular flexibility index (Phi) is 6.98. The van der Waals surface area contributed by atoms with Gasteiger partial charge in [-0.15, -0.1) is 0 Å². The van der Waals surface area contributed by atoms with Gasteiger partial charge in [-0.2, -0.15) is 0 Å². The molecule has 1 aromatic heterocycles. The first-order chi connectivity index (χ1) is 16.8. The number of benzene rings is 3. The lowest BCUT2D eigenvalue weighted by Crippen LogP contribution is -2.11. The SMILES string of the molecule is Cc1ccccc1Oc1cc(NC(=O)c2ccc(COc3ccc(F)cc3Cl)o2)cc([N+](=O)[O-])c1. The molecule has 178 valence electrons. The number of hydrogen-bond acceptors (Lipinski definition) is 6. The normalized spacial score (nSPS) is 10.6. The van der Waals surface area contributed by atoms with Crippen LogP contribution in [0.4, 0.5) is 15.8 Å². The summed E-state index contributed by atoms with van der Waals surface area (Å²) >= 11 is 5.93. The van der Waals surface area contributed by atoms with Crippen molar-refractivity contribution < 1.29 is 28.0 Å². The van der Waals surface area contributed by atoms with E-state index < -0.39 is 16.6 Å². The Morgan fingerprint density at radius 1 is 1.09 bits per heavy atom. The number of aryl methyl sites for hydroxylation is 1. The minimum absolute atomic E-state index is 0.0401. The second-order valence-electron chi connectivity index (χ2n) is 7.42. The van der Waals surface area contributed by atoms with Gasteiger partial charge in [0.15, 0.2) is 5.76 Å². The zero-order valence-corrected chi connectivity index (χ0v) is 19.0. The molecule has 0 saturated carbocycles. The molecule has 0 bridgehead atoms. The molecule has 3 aromatic carbocycles. The highest BCUT2D eigenvalue weighted by atomic mass is 35.5. The number of carbonyl (C=O) groups is 1. The monoisotopic (exact) mass is 496 g/mol. The average Bonchev–Trinajstić information content (AvgIpc) is 3.29. The molecule has 1 N–H and O–H groups in total. The molecule has 0 aliphatic heterocycles. The fraction of sp³-hybridized carbons (Fsp3) is 0.0800. The fourth-order valence-electron chi connectivity index (χ4n) is 3.13. The lowest BCUT2D eigenvalue weighted by atomic mass is 10.2. The Hall–Kier alpha value is -4.37. The van der Waals surface area contributed by atoms with Crippen LogP contribution < -0.4 is 14.8 Å². The van der Waals surface area contributed by atoms with Gasteiger partial charge in [-0.3, -0.25) is 14.9 Å². The van der Waals surface area contributed by atoms with Crippen LogP contribution in [0.25, 0.3) is 0 Å². The van der Waals surface area contributed by atoms with Crippen LogP contribution in [-0.2, 0) is 6.61 Å². The lowest BCUT2D eigenvalue weighted by Gasteiger charge is -2.10. The van der Waals surface area contributed by atoms with Gasteiger partial charge in [-0.1, -0.05) is 29.8 Å². The number of hydrogen-bond donors (Lipinski definition) is 1. The summed E-state index contributed by atoms with van der Waals surface area (Å²) in [5.41, 5.74) is 0.744. The largest absolute Gasteiger partial charge is 0.484 e. The molecule has 35 heavy (non-hydrogen) atoms. The quantitative estimate of drug-likeness (QED) is 0.210. The second-order valence-corrected chi connectivity index (χ2v) is 7.83. The van der Waals surface area contributed by atoms with Crippen molar-refractivity contribution in [2.45, 2.75) is 13.5 Å². The molecule has 0 saturated heterocycles. The molecule has 0 atom stereocenters. The lowest BCUT2D eigenvalue weighted by molar-refractivity contribution is -0.384. The molecule has 0 fully saturated rings. The standard InChI is InChI=1S/C25H18ClFN2O6/c1-15-4-2-3-5-22(15)35-20-12-17(11-18(13-20)29(31)32)28-25(30)24-9-7-19(34-24)14-33-23-8-6-16(27)10-21(23)26/h2-13H,14H2,1H3,(H,28,30). The van der Waals surface area contributed by atoms with Crippen molar-refractivity contribution >= 4 is 28.9 Å². The van der Waals surface area contributed by atoms with E-state index in [9.17, 15) is 19.3 Å². The van der Waals surface area contributed by atoms with Crippen LogP contribution in [0.1, 0.15) is 21.9 Å². The molecule has 1 amide bonds. The number of rotatable bonds is 8. The predicted molar refractivity (Wildman–Crippen MR) is 127 cm³/mol. The zero-order chi connectivity index (χ0) is 24.9. The highest BCUT2D eigenvalue weighted by molar-refractivity contribution is 6.32. The predicted octanol–water partition coefficient (Wildman–Crippen LogP) is 6.91. The van der Waals surface area contributed by atoms with Crippen LogP contribution in [0.3, 0.4) is 0 Å². The van der Waals surface area contributed by atoms with Gasteiger partial charge in [0, 0.05) is 12.1 Å². The van der Waals surface area contributed by atoms with E-state index in [4.69, 9.17) is 25.5 Å². The number of nitro groups is 1. The number of amides is 1. The summed E-state index contributed by atoms with van der Waals surface area (Å²) < 4.78 is 29.9. The molecule has 0 radical (unpaired) electrons. The number of carbonyl (C=O) groups excluding carboxylic acids is 1. The third-order valence-electron chi connectivity index (χ3n) is 4.83. The molecule has 10 heteroatoms. The van der Waals surface area contributed by atoms with Gasteiger partial charge >= 0.3 is 0 Å². The van der Waals surface area contributed by atoms with E-state index >= 15 is 0 Å². The minimum Gasteiger partial charge on any atom is -0.484 e. The zero-order valence-electron chi connectivity index (χ0n) is 18.3. The van der Waals surface area contributed by atoms with Gasteiger partial charge in [0.25, 0.3) is 11.6 Å². The van der Waals surface area contributed by atoms with Crippen LogP contribution in [0.5, 0.6) is 17.2 Å². The van der Waals surface area contributed by atoms with E-state index in [-0.39, 0.29) is 40.3 Å². The molecule has 0 unspecified atom stereocenters. The molecule has 1 heterocycles. The summed E-state index contributed by atoms with van der Waals surface area (Å²) in [6.07, 6.45) is 0. The van der Waals surface area contributed by atoms with Crippen molar-refractivity contribution in [3.8, 4) is 17.2 Å². The maximum absolute atomic E-state index is 13.2. The number of ether oxygens (including phenoxy) is 2. The van der Waals surface area contributed by atoms with E-state index in [1.165, 1.54) is 42.5 Å². The van der Waals surface area contributed by atoms with Gasteiger partial charge in [-0.25, -0.2) is 4.39 Å². The number of anilines is 1. The molecule has 0 aliphatic rings. The molecular formula is C25H18ClFN2O6. The summed E-state index contributed by atoms with van der Waals surface area (Å²) in [7, 11) is 0. The Morgan fingerprint density at radius 3 is 2.63 bits per heavy atom. The number of nitrogens with zero attached hydrogens (tertiary/aromatic N) is 1. The highest BCUT2D eigenvalue weighted by Gasteiger charge is 2.17. The van der Waals surface area contributed by atoms with Crippen LogP contribution >= 0.6 is 11.6 Å². The smallest absolute Gasteiger partial charge is 0.291 e. The van der Waals surface area contributed by atoms with Gasteiger partial charge in [0.05, 0.1) is 21.7 Å². The van der Waals surface area contributed by atoms with E-state index in [0.29, 0.717) is 11.5 Å². The first-order valence-electron chi connectivity index (χ1n) is 10.3. The van der Waals surface area contributed by atoms with Gasteiger partial charge in [0.2, 0.25) is 0 Å². The Labute approximate surface area is 204 Å². The molecule has 0 aliphatic carbocycles. The van der Waals surface area contributed by atoms with Crippen molar-refractivity contribution in [3.63, 3.8) is 0 Å². The van der Waals surface area contributed by atoms with Crippen LogP contribution in [-0.4, -0.2) is 10.8 Å². The van der Waals surface area contributed by atoms with Crippen LogP contribution in [0, 0.1) is 22.9 Å². The molecule has 0 spiro atoms. The van der Waals surface area contributed by atoms with E-state index in [0.717, 1.165) is 11.6 Å². The summed E-state index contributed by atoms with van der Waals surface area (Å²) in [5.74, 6) is 0.134. The maximum atomic E-state index is 13.2. The van der Waals surface area contributed by atoms with Gasteiger partial charge < -0.3 is 19.2 Å². The number of non-ortho nitro benzene ring substituents is 1. The minimum atomic E-state index is -0.626. The van der Waals surface area contributed by atoms with Crippen molar-refractivity contribution in [2.24, 2.45) is 0 Å². The number of nitro benzene ring substituents is 1. The third-order valence-corrected chi connectivity index (χ3v) is 5.13.